The minimum Gasteiger partial charge on any atom is -0.357 e. The summed E-state index contributed by atoms with van der Waals surface area (Å²) in [4.78, 5) is 2.27. The molecule has 0 N–H and O–H groups in total. The van der Waals surface area contributed by atoms with Gasteiger partial charge < -0.3 is 4.90 Å². The fraction of sp³-hybridized carbons (Fsp3) is 0.364. The smallest absolute Gasteiger partial charge is 0.158 e. The van der Waals surface area contributed by atoms with E-state index in [1.807, 2.05) is 0 Å². The zero-order valence-corrected chi connectivity index (χ0v) is 15.5. The van der Waals surface area contributed by atoms with Crippen LogP contribution >= 0.6 is 0 Å². The second-order valence-corrected chi connectivity index (χ2v) is 7.52. The predicted molar refractivity (Wildman–Crippen MR) is 105 cm³/mol. The first kappa shape index (κ1) is 16.1. The molecule has 1 aliphatic carbocycles. The molecule has 0 bridgehead atoms. The highest BCUT2D eigenvalue weighted by Crippen LogP contribution is 2.36. The van der Waals surface area contributed by atoms with Gasteiger partial charge in [-0.3, -0.25) is 0 Å². The molecule has 1 heterocycles. The molecule has 0 saturated heterocycles. The SMILES string of the molecule is Cc1cc(C)c(-c2nnc(N(C)CC3CC3)c3ccccc23)c(C)c1. The average Bonchev–Trinajstić information content (AvgIpc) is 3.38. The van der Waals surface area contributed by atoms with E-state index in [1.54, 1.807) is 0 Å². The Bertz CT molecular complexity index is 918. The molecule has 1 fully saturated rings. The molecule has 0 amide bonds. The highest BCUT2D eigenvalue weighted by atomic mass is 15.2. The van der Waals surface area contributed by atoms with Gasteiger partial charge in [0.15, 0.2) is 5.82 Å². The van der Waals surface area contributed by atoms with Crippen LogP contribution in [0.2, 0.25) is 0 Å². The van der Waals surface area contributed by atoms with Crippen LogP contribution in [0.25, 0.3) is 22.0 Å². The molecule has 0 radical (unpaired) electrons. The lowest BCUT2D eigenvalue weighted by atomic mass is 9.94. The number of nitrogens with zero attached hydrogens (tertiary/aromatic N) is 3. The van der Waals surface area contributed by atoms with E-state index < -0.39 is 0 Å². The van der Waals surface area contributed by atoms with Gasteiger partial charge in [0.25, 0.3) is 0 Å². The fourth-order valence-corrected chi connectivity index (χ4v) is 3.88. The van der Waals surface area contributed by atoms with E-state index in [-0.39, 0.29) is 0 Å². The Kier molecular flexibility index (Phi) is 3.95. The molecule has 0 unspecified atom stereocenters. The van der Waals surface area contributed by atoms with Gasteiger partial charge >= 0.3 is 0 Å². The van der Waals surface area contributed by atoms with E-state index in [0.29, 0.717) is 0 Å². The van der Waals surface area contributed by atoms with Crippen LogP contribution in [0.4, 0.5) is 5.82 Å². The average molecular weight is 331 g/mol. The standard InChI is InChI=1S/C22H25N3/c1-14-11-15(2)20(16(3)12-14)21-18-7-5-6-8-19(18)22(24-23-21)25(4)13-17-9-10-17/h5-8,11-12,17H,9-10,13H2,1-4H3. The van der Waals surface area contributed by atoms with Crippen molar-refractivity contribution < 1.29 is 0 Å². The normalized spacial score (nSPS) is 14.1. The van der Waals surface area contributed by atoms with Crippen LogP contribution in [0.15, 0.2) is 36.4 Å². The molecule has 1 saturated carbocycles. The third-order valence-corrected chi connectivity index (χ3v) is 5.17. The van der Waals surface area contributed by atoms with Crippen LogP contribution in [-0.2, 0) is 0 Å². The molecule has 0 atom stereocenters. The van der Waals surface area contributed by atoms with E-state index in [9.17, 15) is 0 Å². The molecule has 2 aromatic carbocycles. The summed E-state index contributed by atoms with van der Waals surface area (Å²) >= 11 is 0. The van der Waals surface area contributed by atoms with Crippen molar-refractivity contribution in [3.05, 3.63) is 53.1 Å². The van der Waals surface area contributed by atoms with Crippen LogP contribution < -0.4 is 4.90 Å². The fourth-order valence-electron chi connectivity index (χ4n) is 3.88. The van der Waals surface area contributed by atoms with Crippen molar-refractivity contribution >= 4 is 16.6 Å². The Hall–Kier alpha value is -2.42. The Balaban J connectivity index is 1.89. The van der Waals surface area contributed by atoms with Crippen LogP contribution in [-0.4, -0.2) is 23.8 Å². The van der Waals surface area contributed by atoms with Crippen LogP contribution in [0.5, 0.6) is 0 Å². The molecular weight excluding hydrogens is 306 g/mol. The lowest BCUT2D eigenvalue weighted by molar-refractivity contribution is 0.772. The van der Waals surface area contributed by atoms with Crippen LogP contribution in [0.3, 0.4) is 0 Å². The van der Waals surface area contributed by atoms with Crippen molar-refractivity contribution in [1.82, 2.24) is 10.2 Å². The Morgan fingerprint density at radius 1 is 0.960 bits per heavy atom. The lowest BCUT2D eigenvalue weighted by Crippen LogP contribution is -2.22. The molecule has 25 heavy (non-hydrogen) atoms. The third-order valence-electron chi connectivity index (χ3n) is 5.17. The van der Waals surface area contributed by atoms with E-state index >= 15 is 0 Å². The second-order valence-electron chi connectivity index (χ2n) is 7.52. The number of rotatable bonds is 4. The largest absolute Gasteiger partial charge is 0.357 e. The van der Waals surface area contributed by atoms with E-state index in [1.165, 1.54) is 45.9 Å². The summed E-state index contributed by atoms with van der Waals surface area (Å²) in [5, 5.41) is 11.7. The van der Waals surface area contributed by atoms with Gasteiger partial charge in [0.2, 0.25) is 0 Å². The first-order valence-corrected chi connectivity index (χ1v) is 9.09. The maximum absolute atomic E-state index is 4.69. The van der Waals surface area contributed by atoms with Gasteiger partial charge in [-0.1, -0.05) is 42.0 Å². The van der Waals surface area contributed by atoms with Gasteiger partial charge in [-0.15, -0.1) is 10.2 Å². The van der Waals surface area contributed by atoms with Crippen LogP contribution in [0.1, 0.15) is 29.5 Å². The lowest BCUT2D eigenvalue weighted by Gasteiger charge is -2.20. The zero-order valence-electron chi connectivity index (χ0n) is 15.5. The molecule has 4 rings (SSSR count). The van der Waals surface area contributed by atoms with Gasteiger partial charge in [-0.05, 0) is 50.7 Å². The summed E-state index contributed by atoms with van der Waals surface area (Å²) in [5.74, 6) is 1.82. The van der Waals surface area contributed by atoms with Crippen LogP contribution in [0, 0.1) is 26.7 Å². The zero-order chi connectivity index (χ0) is 17.6. The number of anilines is 1. The molecular formula is C22H25N3. The molecule has 128 valence electrons. The van der Waals surface area contributed by atoms with Gasteiger partial charge in [0.05, 0.1) is 0 Å². The van der Waals surface area contributed by atoms with E-state index in [2.05, 4.69) is 79.3 Å². The van der Waals surface area contributed by atoms with Crippen molar-refractivity contribution in [1.29, 1.82) is 0 Å². The van der Waals surface area contributed by atoms with Crippen molar-refractivity contribution in [3.63, 3.8) is 0 Å². The molecule has 1 aromatic heterocycles. The second kappa shape index (κ2) is 6.14. The molecule has 1 aliphatic rings. The molecule has 3 nitrogen and oxygen atoms in total. The summed E-state index contributed by atoms with van der Waals surface area (Å²) in [5.41, 5.74) is 6.02. The number of hydrogen-bond acceptors (Lipinski definition) is 3. The molecule has 3 aromatic rings. The Morgan fingerprint density at radius 3 is 2.24 bits per heavy atom. The molecule has 0 spiro atoms. The number of hydrogen-bond donors (Lipinski definition) is 0. The van der Waals surface area contributed by atoms with E-state index in [0.717, 1.165) is 24.0 Å². The third kappa shape index (κ3) is 2.99. The maximum atomic E-state index is 4.69. The monoisotopic (exact) mass is 331 g/mol. The van der Waals surface area contributed by atoms with Gasteiger partial charge in [0, 0.05) is 29.9 Å². The van der Waals surface area contributed by atoms with Crippen molar-refractivity contribution in [2.75, 3.05) is 18.5 Å². The molecule has 3 heteroatoms. The summed E-state index contributed by atoms with van der Waals surface area (Å²) < 4.78 is 0. The number of aromatic nitrogens is 2. The minimum absolute atomic E-state index is 0.826. The van der Waals surface area contributed by atoms with E-state index in [4.69, 9.17) is 0 Å². The Morgan fingerprint density at radius 2 is 1.60 bits per heavy atom. The quantitative estimate of drug-likeness (QED) is 0.668. The van der Waals surface area contributed by atoms with Gasteiger partial charge in [-0.25, -0.2) is 0 Å². The number of aryl methyl sites for hydroxylation is 3. The minimum atomic E-state index is 0.826. The van der Waals surface area contributed by atoms with Crippen molar-refractivity contribution in [3.8, 4) is 11.3 Å². The number of benzene rings is 2. The molecule has 0 aliphatic heterocycles. The maximum Gasteiger partial charge on any atom is 0.158 e. The summed E-state index contributed by atoms with van der Waals surface area (Å²) in [6, 6.07) is 13.0. The van der Waals surface area contributed by atoms with Crippen molar-refractivity contribution in [2.45, 2.75) is 33.6 Å². The predicted octanol–water partition coefficient (Wildman–Crippen LogP) is 5.07. The topological polar surface area (TPSA) is 29.0 Å². The van der Waals surface area contributed by atoms with Crippen molar-refractivity contribution in [2.24, 2.45) is 5.92 Å². The highest BCUT2D eigenvalue weighted by Gasteiger charge is 2.25. The van der Waals surface area contributed by atoms with Gasteiger partial charge in [0.1, 0.15) is 5.69 Å². The summed E-state index contributed by atoms with van der Waals surface area (Å²) in [7, 11) is 2.14. The first-order valence-electron chi connectivity index (χ1n) is 9.09. The van der Waals surface area contributed by atoms with Gasteiger partial charge in [-0.2, -0.15) is 0 Å². The highest BCUT2D eigenvalue weighted by molar-refractivity contribution is 6.01. The number of fused-ring (bicyclic) bond motifs is 1. The summed E-state index contributed by atoms with van der Waals surface area (Å²) in [6.07, 6.45) is 2.69. The Labute approximate surface area is 149 Å². The summed E-state index contributed by atoms with van der Waals surface area (Å²) in [6.45, 7) is 7.54. The first-order chi connectivity index (χ1) is 12.0.